The Labute approximate surface area is 213 Å². The number of aliphatic imine (C=N–C) groups is 1. The van der Waals surface area contributed by atoms with Crippen molar-refractivity contribution in [2.45, 2.75) is 27.2 Å². The molecule has 3 aromatic heterocycles. The Bertz CT molecular complexity index is 1560. The third kappa shape index (κ3) is 5.56. The maximum absolute atomic E-state index is 5.99. The molecule has 5 rings (SSSR count). The van der Waals surface area contributed by atoms with Gasteiger partial charge in [-0.2, -0.15) is 0 Å². The zero-order valence-corrected chi connectivity index (χ0v) is 20.8. The van der Waals surface area contributed by atoms with Crippen LogP contribution in [-0.2, 0) is 4.74 Å². The van der Waals surface area contributed by atoms with E-state index >= 15 is 0 Å². The van der Waals surface area contributed by atoms with Crippen molar-refractivity contribution in [3.05, 3.63) is 67.0 Å². The molecule has 0 amide bonds. The van der Waals surface area contributed by atoms with Crippen LogP contribution in [0.5, 0.6) is 11.6 Å². The van der Waals surface area contributed by atoms with Gasteiger partial charge in [0, 0.05) is 29.4 Å². The first-order valence-corrected chi connectivity index (χ1v) is 12.0. The summed E-state index contributed by atoms with van der Waals surface area (Å²) in [6.45, 7) is 7.22. The summed E-state index contributed by atoms with van der Waals surface area (Å²) in [5.74, 6) is 1.82. The van der Waals surface area contributed by atoms with Crippen molar-refractivity contribution in [2.24, 2.45) is 4.99 Å². The van der Waals surface area contributed by atoms with Crippen molar-refractivity contribution in [1.29, 1.82) is 0 Å². The fraction of sp³-hybridized carbons (Fsp3) is 0.231. The summed E-state index contributed by atoms with van der Waals surface area (Å²) < 4.78 is 13.4. The van der Waals surface area contributed by atoms with Gasteiger partial charge in [0.05, 0.1) is 12.1 Å². The molecule has 0 aliphatic carbocycles. The molecule has 0 saturated carbocycles. The minimum atomic E-state index is 0.444. The van der Waals surface area contributed by atoms with Crippen LogP contribution in [0.3, 0.4) is 0 Å². The molecule has 3 heterocycles. The molecule has 0 spiro atoms. The fourth-order valence-corrected chi connectivity index (χ4v) is 3.68. The molecular weight excluding hydrogens is 470 g/mol. The molecule has 2 N–H and O–H groups in total. The predicted molar refractivity (Wildman–Crippen MR) is 143 cm³/mol. The van der Waals surface area contributed by atoms with Crippen LogP contribution in [0.2, 0.25) is 0 Å². The number of anilines is 3. The van der Waals surface area contributed by atoms with E-state index in [0.717, 1.165) is 34.3 Å². The average molecular weight is 498 g/mol. The maximum Gasteiger partial charge on any atom is 0.289 e. The molecule has 188 valence electrons. The molecule has 0 bridgehead atoms. The second kappa shape index (κ2) is 10.9. The highest BCUT2D eigenvalue weighted by Crippen LogP contribution is 2.30. The lowest BCUT2D eigenvalue weighted by atomic mass is 10.1. The fourth-order valence-electron chi connectivity index (χ4n) is 3.68. The van der Waals surface area contributed by atoms with Crippen LogP contribution >= 0.6 is 0 Å². The van der Waals surface area contributed by atoms with Gasteiger partial charge < -0.3 is 20.1 Å². The van der Waals surface area contributed by atoms with Crippen molar-refractivity contribution >= 4 is 39.8 Å². The Kier molecular flexibility index (Phi) is 7.02. The van der Waals surface area contributed by atoms with Crippen molar-refractivity contribution in [3.8, 4) is 11.6 Å². The molecule has 0 atom stereocenters. The minimum absolute atomic E-state index is 0.444. The van der Waals surface area contributed by atoms with E-state index in [4.69, 9.17) is 9.47 Å². The van der Waals surface area contributed by atoms with Gasteiger partial charge in [0.25, 0.3) is 6.02 Å². The van der Waals surface area contributed by atoms with Crippen molar-refractivity contribution < 1.29 is 9.47 Å². The average Bonchev–Trinajstić information content (AvgIpc) is 3.37. The number of fused-ring (bicyclic) bond motifs is 2. The predicted octanol–water partition coefficient (Wildman–Crippen LogP) is 5.13. The largest absolute Gasteiger partial charge is 0.465 e. The van der Waals surface area contributed by atoms with E-state index in [9.17, 15) is 0 Å². The van der Waals surface area contributed by atoms with Gasteiger partial charge in [-0.1, -0.05) is 6.92 Å². The van der Waals surface area contributed by atoms with E-state index in [1.165, 1.54) is 0 Å². The second-order valence-electron chi connectivity index (χ2n) is 8.24. The molecule has 11 heteroatoms. The highest BCUT2D eigenvalue weighted by atomic mass is 16.5. The number of nitrogens with zero attached hydrogens (tertiary/aromatic N) is 7. The first kappa shape index (κ1) is 23.9. The molecule has 0 aliphatic heterocycles. The molecule has 0 aliphatic rings. The van der Waals surface area contributed by atoms with E-state index in [1.807, 2.05) is 50.2 Å². The van der Waals surface area contributed by atoms with Crippen LogP contribution in [0.15, 0.2) is 66.4 Å². The molecule has 0 saturated heterocycles. The Morgan fingerprint density at radius 2 is 1.89 bits per heavy atom. The van der Waals surface area contributed by atoms with Gasteiger partial charge in [-0.3, -0.25) is 4.40 Å². The monoisotopic (exact) mass is 497 g/mol. The second-order valence-corrected chi connectivity index (χ2v) is 8.24. The van der Waals surface area contributed by atoms with Gasteiger partial charge in [0.2, 0.25) is 5.88 Å². The van der Waals surface area contributed by atoms with Crippen LogP contribution in [0.25, 0.3) is 16.6 Å². The Hall–Kier alpha value is -4.80. The summed E-state index contributed by atoms with van der Waals surface area (Å²) in [5, 5.41) is 15.4. The Morgan fingerprint density at radius 3 is 2.73 bits per heavy atom. The lowest BCUT2D eigenvalue weighted by molar-refractivity contribution is 0.302. The zero-order valence-electron chi connectivity index (χ0n) is 20.8. The Balaban J connectivity index is 1.36. The lowest BCUT2D eigenvalue weighted by Gasteiger charge is -2.14. The number of benzene rings is 2. The topological polar surface area (TPSA) is 124 Å². The summed E-state index contributed by atoms with van der Waals surface area (Å²) in [7, 11) is 0. The molecule has 11 nitrogen and oxygen atoms in total. The third-order valence-corrected chi connectivity index (χ3v) is 5.45. The van der Waals surface area contributed by atoms with E-state index in [1.54, 1.807) is 29.4 Å². The quantitative estimate of drug-likeness (QED) is 0.222. The van der Waals surface area contributed by atoms with Gasteiger partial charge in [0.1, 0.15) is 30.5 Å². The van der Waals surface area contributed by atoms with E-state index in [0.29, 0.717) is 42.3 Å². The standard InChI is InChI=1S/C26H27N9O2/c1-4-10-36-26(27-5-2)33-19-6-8-21-20(12-19)25(29-14-28-21)32-18-7-9-22(17(3)11-18)37-24-13-23-34-31-16-35(23)15-30-24/h6-9,11-16H,4-5,10H2,1-3H3,(H,27,33)(H,28,29,32). The molecule has 0 unspecified atom stereocenters. The van der Waals surface area contributed by atoms with Gasteiger partial charge >= 0.3 is 0 Å². The number of amidine groups is 1. The number of aromatic nitrogens is 6. The minimum Gasteiger partial charge on any atom is -0.465 e. The molecule has 37 heavy (non-hydrogen) atoms. The van der Waals surface area contributed by atoms with Crippen LogP contribution in [-0.4, -0.2) is 48.7 Å². The number of hydrogen-bond donors (Lipinski definition) is 2. The number of rotatable bonds is 8. The van der Waals surface area contributed by atoms with E-state index < -0.39 is 0 Å². The SMILES string of the molecule is CCCOC(=NCC)Nc1ccc2ncnc(Nc3ccc(Oc4cc5nncn5cn4)c(C)c3)c2c1. The van der Waals surface area contributed by atoms with Crippen LogP contribution in [0, 0.1) is 6.92 Å². The van der Waals surface area contributed by atoms with Gasteiger partial charge in [-0.05, 0) is 62.2 Å². The molecule has 2 aromatic carbocycles. The lowest BCUT2D eigenvalue weighted by Crippen LogP contribution is -2.17. The Morgan fingerprint density at radius 1 is 1.00 bits per heavy atom. The molecule has 0 fully saturated rings. The summed E-state index contributed by atoms with van der Waals surface area (Å²) in [6, 6.07) is 13.9. The number of aryl methyl sites for hydroxylation is 1. The summed E-state index contributed by atoms with van der Waals surface area (Å²) in [6.07, 6.45) is 5.65. The van der Waals surface area contributed by atoms with Crippen LogP contribution in [0.4, 0.5) is 17.2 Å². The van der Waals surface area contributed by atoms with Gasteiger partial charge in [-0.25, -0.2) is 19.9 Å². The maximum atomic E-state index is 5.99. The van der Waals surface area contributed by atoms with Crippen LogP contribution < -0.4 is 15.4 Å². The summed E-state index contributed by atoms with van der Waals surface area (Å²) in [4.78, 5) is 17.6. The first-order chi connectivity index (χ1) is 18.1. The number of ether oxygens (including phenoxy) is 2. The van der Waals surface area contributed by atoms with Crippen molar-refractivity contribution in [3.63, 3.8) is 0 Å². The first-order valence-electron chi connectivity index (χ1n) is 12.0. The van der Waals surface area contributed by atoms with Crippen LogP contribution in [0.1, 0.15) is 25.8 Å². The zero-order chi connectivity index (χ0) is 25.6. The summed E-state index contributed by atoms with van der Waals surface area (Å²) in [5.41, 5.74) is 4.12. The molecular formula is C26H27N9O2. The number of hydrogen-bond acceptors (Lipinski definition) is 9. The van der Waals surface area contributed by atoms with Gasteiger partial charge in [0.15, 0.2) is 5.65 Å². The number of nitrogens with one attached hydrogen (secondary N) is 2. The van der Waals surface area contributed by atoms with Crippen molar-refractivity contribution in [1.82, 2.24) is 29.5 Å². The molecule has 0 radical (unpaired) electrons. The highest BCUT2D eigenvalue weighted by molar-refractivity contribution is 5.96. The van der Waals surface area contributed by atoms with E-state index in [-0.39, 0.29) is 0 Å². The molecule has 5 aromatic rings. The van der Waals surface area contributed by atoms with Crippen molar-refractivity contribution in [2.75, 3.05) is 23.8 Å². The summed E-state index contributed by atoms with van der Waals surface area (Å²) >= 11 is 0. The normalized spacial score (nSPS) is 11.6. The van der Waals surface area contributed by atoms with Gasteiger partial charge in [-0.15, -0.1) is 10.2 Å². The third-order valence-electron chi connectivity index (χ3n) is 5.45. The highest BCUT2D eigenvalue weighted by Gasteiger charge is 2.10. The smallest absolute Gasteiger partial charge is 0.289 e. The van der Waals surface area contributed by atoms with E-state index in [2.05, 4.69) is 47.7 Å².